The second kappa shape index (κ2) is 9.35. The fraction of sp³-hybridized carbons (Fsp3) is 0.476. The summed E-state index contributed by atoms with van der Waals surface area (Å²) in [6.07, 6.45) is 2.70. The van der Waals surface area contributed by atoms with E-state index in [1.165, 1.54) is 7.05 Å². The van der Waals surface area contributed by atoms with Crippen LogP contribution in [0, 0.1) is 17.2 Å². The first-order valence-electron chi connectivity index (χ1n) is 10.1. The number of likely N-dealkylation sites (N-methyl/N-ethyl adjacent to an activating group) is 1. The molecule has 1 saturated carbocycles. The standard InChI is InChI=1S/C21H24ClN5O4/c1-12(25-19(29)18(28)24-2)9-13-5-7-21(8-6-13)17(26-27-20(30)31-21)15-4-3-14(11-23)10-16(15)22/h3-4,10,12-13H,5-9H2,1-2H3,(H,24,28)(H,25,29)(H,27,30)/t12-,13?,21?/m0/s1. The van der Waals surface area contributed by atoms with Crippen molar-refractivity contribution in [2.45, 2.75) is 50.7 Å². The van der Waals surface area contributed by atoms with Crippen LogP contribution in [0.3, 0.4) is 0 Å². The van der Waals surface area contributed by atoms with Gasteiger partial charge in [-0.3, -0.25) is 9.59 Å². The molecule has 9 nitrogen and oxygen atoms in total. The lowest BCUT2D eigenvalue weighted by Crippen LogP contribution is -2.52. The normalized spacial score (nSPS) is 23.6. The smallest absolute Gasteiger partial charge is 0.428 e. The summed E-state index contributed by atoms with van der Waals surface area (Å²) in [5.74, 6) is -1.03. The molecule has 1 aliphatic heterocycles. The molecule has 1 aromatic rings. The molecule has 1 atom stereocenters. The molecule has 31 heavy (non-hydrogen) atoms. The van der Waals surface area contributed by atoms with Crippen molar-refractivity contribution in [2.24, 2.45) is 11.0 Å². The minimum Gasteiger partial charge on any atom is -0.435 e. The molecule has 1 aromatic carbocycles. The highest BCUT2D eigenvalue weighted by Gasteiger charge is 2.46. The van der Waals surface area contributed by atoms with Gasteiger partial charge < -0.3 is 15.4 Å². The zero-order valence-corrected chi connectivity index (χ0v) is 18.1. The van der Waals surface area contributed by atoms with Crippen LogP contribution in [0.2, 0.25) is 5.02 Å². The van der Waals surface area contributed by atoms with Crippen molar-refractivity contribution >= 4 is 35.2 Å². The van der Waals surface area contributed by atoms with E-state index in [1.807, 2.05) is 13.0 Å². The number of hydrogen-bond acceptors (Lipinski definition) is 6. The van der Waals surface area contributed by atoms with Gasteiger partial charge in [0.1, 0.15) is 5.71 Å². The molecule has 164 valence electrons. The summed E-state index contributed by atoms with van der Waals surface area (Å²) in [4.78, 5) is 35.1. The lowest BCUT2D eigenvalue weighted by atomic mass is 9.73. The van der Waals surface area contributed by atoms with Crippen LogP contribution in [0.25, 0.3) is 0 Å². The predicted octanol–water partition coefficient (Wildman–Crippen LogP) is 2.23. The summed E-state index contributed by atoms with van der Waals surface area (Å²) >= 11 is 6.39. The van der Waals surface area contributed by atoms with Crippen molar-refractivity contribution in [2.75, 3.05) is 7.05 Å². The summed E-state index contributed by atoms with van der Waals surface area (Å²) in [6, 6.07) is 6.80. The van der Waals surface area contributed by atoms with E-state index in [-0.39, 0.29) is 12.0 Å². The van der Waals surface area contributed by atoms with Gasteiger partial charge in [-0.05, 0) is 57.1 Å². The molecule has 0 radical (unpaired) electrons. The third-order valence-electron chi connectivity index (χ3n) is 5.74. The number of nitriles is 1. The average molecular weight is 446 g/mol. The Labute approximate surface area is 185 Å². The Morgan fingerprint density at radius 2 is 2.10 bits per heavy atom. The molecule has 2 aliphatic rings. The van der Waals surface area contributed by atoms with Crippen molar-refractivity contribution in [3.63, 3.8) is 0 Å². The highest BCUT2D eigenvalue weighted by atomic mass is 35.5. The van der Waals surface area contributed by atoms with Crippen LogP contribution >= 0.6 is 11.6 Å². The van der Waals surface area contributed by atoms with Crippen LogP contribution in [0.15, 0.2) is 23.3 Å². The second-order valence-electron chi connectivity index (χ2n) is 7.90. The maximum atomic E-state index is 12.0. The molecule has 0 aromatic heterocycles. The fourth-order valence-corrected chi connectivity index (χ4v) is 4.48. The third kappa shape index (κ3) is 4.97. The molecule has 3 amide bonds. The zero-order chi connectivity index (χ0) is 22.6. The number of hydrazone groups is 1. The van der Waals surface area contributed by atoms with Gasteiger partial charge in [0.15, 0.2) is 5.60 Å². The lowest BCUT2D eigenvalue weighted by Gasteiger charge is -2.42. The topological polar surface area (TPSA) is 133 Å². The van der Waals surface area contributed by atoms with Gasteiger partial charge in [0.05, 0.1) is 16.7 Å². The van der Waals surface area contributed by atoms with E-state index in [4.69, 9.17) is 21.6 Å². The van der Waals surface area contributed by atoms with E-state index in [1.54, 1.807) is 18.2 Å². The molecular weight excluding hydrogens is 422 g/mol. The van der Waals surface area contributed by atoms with Gasteiger partial charge in [-0.1, -0.05) is 17.7 Å². The van der Waals surface area contributed by atoms with E-state index in [9.17, 15) is 14.4 Å². The van der Waals surface area contributed by atoms with Gasteiger partial charge in [0.2, 0.25) is 0 Å². The monoisotopic (exact) mass is 445 g/mol. The van der Waals surface area contributed by atoms with E-state index in [2.05, 4.69) is 21.2 Å². The number of rotatable bonds is 4. The van der Waals surface area contributed by atoms with Crippen molar-refractivity contribution in [3.8, 4) is 6.07 Å². The molecule has 0 bridgehead atoms. The van der Waals surface area contributed by atoms with Crippen molar-refractivity contribution in [1.29, 1.82) is 5.26 Å². The number of benzene rings is 1. The highest BCUT2D eigenvalue weighted by Crippen LogP contribution is 2.41. The number of hydrogen-bond donors (Lipinski definition) is 3. The summed E-state index contributed by atoms with van der Waals surface area (Å²) < 4.78 is 5.73. The lowest BCUT2D eigenvalue weighted by molar-refractivity contribution is -0.139. The van der Waals surface area contributed by atoms with Crippen LogP contribution < -0.4 is 16.1 Å². The van der Waals surface area contributed by atoms with Gasteiger partial charge in [0.25, 0.3) is 0 Å². The van der Waals surface area contributed by atoms with E-state index < -0.39 is 23.5 Å². The van der Waals surface area contributed by atoms with Crippen LogP contribution in [0.1, 0.15) is 50.2 Å². The van der Waals surface area contributed by atoms with Crippen LogP contribution in [-0.2, 0) is 14.3 Å². The highest BCUT2D eigenvalue weighted by molar-refractivity contribution is 6.35. The van der Waals surface area contributed by atoms with Gasteiger partial charge in [0, 0.05) is 18.7 Å². The zero-order valence-electron chi connectivity index (χ0n) is 17.3. The number of amides is 3. The largest absolute Gasteiger partial charge is 0.435 e. The molecule has 3 N–H and O–H groups in total. The molecule has 10 heteroatoms. The first-order chi connectivity index (χ1) is 14.8. The van der Waals surface area contributed by atoms with Crippen LogP contribution in [-0.4, -0.2) is 42.3 Å². The number of carbonyl (C=O) groups excluding carboxylic acids is 3. The summed E-state index contributed by atoms with van der Waals surface area (Å²) in [5.41, 5.74) is 3.05. The van der Waals surface area contributed by atoms with Crippen molar-refractivity contribution in [3.05, 3.63) is 34.3 Å². The maximum absolute atomic E-state index is 12.0. The summed E-state index contributed by atoms with van der Waals surface area (Å²) in [5, 5.41) is 18.7. The quantitative estimate of drug-likeness (QED) is 0.611. The maximum Gasteiger partial charge on any atom is 0.428 e. The Balaban J connectivity index is 1.71. The van der Waals surface area contributed by atoms with Gasteiger partial charge >= 0.3 is 17.9 Å². The Morgan fingerprint density at radius 3 is 2.71 bits per heavy atom. The van der Waals surface area contributed by atoms with Crippen molar-refractivity contribution < 1.29 is 19.1 Å². The first kappa shape index (κ1) is 22.6. The summed E-state index contributed by atoms with van der Waals surface area (Å²) in [7, 11) is 1.41. The molecule has 1 fully saturated rings. The minimum absolute atomic E-state index is 0.166. The molecule has 3 rings (SSSR count). The molecule has 1 heterocycles. The fourth-order valence-electron chi connectivity index (χ4n) is 4.21. The molecule has 1 spiro atoms. The minimum atomic E-state index is -0.898. The molecule has 1 aliphatic carbocycles. The van der Waals surface area contributed by atoms with Gasteiger partial charge in [-0.15, -0.1) is 0 Å². The number of nitrogens with one attached hydrogen (secondary N) is 3. The van der Waals surface area contributed by atoms with Gasteiger partial charge in [-0.2, -0.15) is 10.4 Å². The number of nitrogens with zero attached hydrogens (tertiary/aromatic N) is 2. The predicted molar refractivity (Wildman–Crippen MR) is 113 cm³/mol. The number of halogens is 1. The number of ether oxygens (including phenoxy) is 1. The Morgan fingerprint density at radius 1 is 1.39 bits per heavy atom. The average Bonchev–Trinajstić information content (AvgIpc) is 2.75. The molecule has 0 saturated heterocycles. The van der Waals surface area contributed by atoms with E-state index in [0.29, 0.717) is 41.1 Å². The van der Waals surface area contributed by atoms with Gasteiger partial charge in [-0.25, -0.2) is 10.2 Å². The van der Waals surface area contributed by atoms with E-state index >= 15 is 0 Å². The molecule has 0 unspecified atom stereocenters. The Hall–Kier alpha value is -3.12. The SMILES string of the molecule is CNC(=O)C(=O)N[C@@H](C)CC1CCC2(CC1)OC(=O)NN=C2c1ccc(C#N)cc1Cl. The van der Waals surface area contributed by atoms with Crippen LogP contribution in [0.4, 0.5) is 4.79 Å². The second-order valence-corrected chi connectivity index (χ2v) is 8.30. The summed E-state index contributed by atoms with van der Waals surface area (Å²) in [6.45, 7) is 1.86. The first-order valence-corrected chi connectivity index (χ1v) is 10.5. The Bertz CT molecular complexity index is 963. The number of carbonyl (C=O) groups is 3. The Kier molecular flexibility index (Phi) is 6.81. The van der Waals surface area contributed by atoms with Crippen molar-refractivity contribution in [1.82, 2.24) is 16.1 Å². The molecular formula is C21H24ClN5O4. The van der Waals surface area contributed by atoms with Crippen LogP contribution in [0.5, 0.6) is 0 Å². The third-order valence-corrected chi connectivity index (χ3v) is 6.06. The van der Waals surface area contributed by atoms with E-state index in [0.717, 1.165) is 12.8 Å².